The molecule has 1 aliphatic carbocycles. The number of carbonyl (C=O) groups excluding carboxylic acids is 1. The van der Waals surface area contributed by atoms with Crippen molar-refractivity contribution >= 4 is 11.8 Å². The highest BCUT2D eigenvalue weighted by Gasteiger charge is 2.31. The van der Waals surface area contributed by atoms with Crippen molar-refractivity contribution in [1.82, 2.24) is 15.1 Å². The second-order valence-electron chi connectivity index (χ2n) is 7.43. The fourth-order valence-corrected chi connectivity index (χ4v) is 3.31. The van der Waals surface area contributed by atoms with Crippen molar-refractivity contribution in [2.75, 3.05) is 11.9 Å². The number of urea groups is 1. The predicted octanol–water partition coefficient (Wildman–Crippen LogP) is 3.73. The topological polar surface area (TPSA) is 79.2 Å². The van der Waals surface area contributed by atoms with Crippen molar-refractivity contribution < 1.29 is 9.90 Å². The molecular formula is C20H28N4O2. The second-order valence-corrected chi connectivity index (χ2v) is 7.43. The lowest BCUT2D eigenvalue weighted by atomic mass is 9.98. The third-order valence-corrected chi connectivity index (χ3v) is 4.92. The molecule has 0 saturated heterocycles. The van der Waals surface area contributed by atoms with Crippen LogP contribution in [0.1, 0.15) is 56.7 Å². The van der Waals surface area contributed by atoms with Crippen LogP contribution in [0, 0.1) is 6.92 Å². The summed E-state index contributed by atoms with van der Waals surface area (Å²) >= 11 is 0. The Hall–Kier alpha value is -2.34. The zero-order valence-corrected chi connectivity index (χ0v) is 15.7. The van der Waals surface area contributed by atoms with E-state index in [4.69, 9.17) is 5.10 Å². The van der Waals surface area contributed by atoms with Gasteiger partial charge >= 0.3 is 6.03 Å². The molecule has 1 saturated carbocycles. The van der Waals surface area contributed by atoms with E-state index in [1.165, 1.54) is 0 Å². The molecule has 1 heterocycles. The molecule has 2 aromatic rings. The predicted molar refractivity (Wildman–Crippen MR) is 103 cm³/mol. The van der Waals surface area contributed by atoms with Gasteiger partial charge in [0.05, 0.1) is 23.5 Å². The quantitative estimate of drug-likeness (QED) is 0.707. The highest BCUT2D eigenvalue weighted by molar-refractivity contribution is 5.90. The lowest BCUT2D eigenvalue weighted by molar-refractivity contribution is 0.167. The summed E-state index contributed by atoms with van der Waals surface area (Å²) in [5, 5.41) is 20.3. The first-order valence-electron chi connectivity index (χ1n) is 9.32. The Balaban J connectivity index is 1.88. The maximum atomic E-state index is 12.6. The number of hydrogen-bond donors (Lipinski definition) is 3. The van der Waals surface area contributed by atoms with E-state index < -0.39 is 5.54 Å². The minimum atomic E-state index is -0.635. The van der Waals surface area contributed by atoms with Crippen LogP contribution in [0.25, 0.3) is 5.69 Å². The van der Waals surface area contributed by atoms with E-state index in [9.17, 15) is 9.90 Å². The van der Waals surface area contributed by atoms with Crippen LogP contribution in [0.4, 0.5) is 10.6 Å². The summed E-state index contributed by atoms with van der Waals surface area (Å²) in [6, 6.07) is 9.49. The summed E-state index contributed by atoms with van der Waals surface area (Å²) in [5.74, 6) is 1.18. The summed E-state index contributed by atoms with van der Waals surface area (Å²) in [7, 11) is 0. The molecule has 6 nitrogen and oxygen atoms in total. The monoisotopic (exact) mass is 356 g/mol. The number of anilines is 1. The third kappa shape index (κ3) is 3.90. The highest BCUT2D eigenvalue weighted by atomic mass is 16.3. The van der Waals surface area contributed by atoms with Crippen LogP contribution >= 0.6 is 0 Å². The van der Waals surface area contributed by atoms with Crippen molar-refractivity contribution in [2.45, 2.75) is 57.9 Å². The molecule has 1 unspecified atom stereocenters. The summed E-state index contributed by atoms with van der Waals surface area (Å²) in [6.45, 7) is 5.79. The van der Waals surface area contributed by atoms with Gasteiger partial charge in [-0.25, -0.2) is 9.48 Å². The summed E-state index contributed by atoms with van der Waals surface area (Å²) in [4.78, 5) is 12.6. The second kappa shape index (κ2) is 7.50. The van der Waals surface area contributed by atoms with Crippen LogP contribution < -0.4 is 10.6 Å². The molecule has 1 aromatic carbocycles. The van der Waals surface area contributed by atoms with Gasteiger partial charge < -0.3 is 10.4 Å². The molecule has 2 amide bonds. The molecule has 140 valence electrons. The molecule has 1 atom stereocenters. The Morgan fingerprint density at radius 2 is 2.04 bits per heavy atom. The summed E-state index contributed by atoms with van der Waals surface area (Å²) in [6.07, 6.45) is 3.89. The molecule has 26 heavy (non-hydrogen) atoms. The van der Waals surface area contributed by atoms with Crippen LogP contribution in [-0.4, -0.2) is 33.1 Å². The average molecular weight is 356 g/mol. The van der Waals surface area contributed by atoms with Gasteiger partial charge in [0.2, 0.25) is 0 Å². The van der Waals surface area contributed by atoms with E-state index in [-0.39, 0.29) is 12.6 Å². The van der Waals surface area contributed by atoms with Crippen molar-refractivity contribution in [2.24, 2.45) is 0 Å². The van der Waals surface area contributed by atoms with Crippen molar-refractivity contribution in [3.63, 3.8) is 0 Å². The van der Waals surface area contributed by atoms with E-state index in [1.807, 2.05) is 51.1 Å². The van der Waals surface area contributed by atoms with Crippen LogP contribution in [0.15, 0.2) is 30.3 Å². The first-order valence-corrected chi connectivity index (χ1v) is 9.32. The van der Waals surface area contributed by atoms with E-state index in [0.29, 0.717) is 18.2 Å². The zero-order chi connectivity index (χ0) is 18.7. The molecule has 0 aliphatic heterocycles. The summed E-state index contributed by atoms with van der Waals surface area (Å²) < 4.78 is 1.80. The van der Waals surface area contributed by atoms with Crippen LogP contribution in [0.5, 0.6) is 0 Å². The Bertz CT molecular complexity index is 768. The smallest absolute Gasteiger partial charge is 0.320 e. The normalized spacial score (nSPS) is 16.2. The van der Waals surface area contributed by atoms with Gasteiger partial charge in [0.1, 0.15) is 5.82 Å². The number of aliphatic hydroxyl groups is 1. The van der Waals surface area contributed by atoms with Crippen molar-refractivity contribution in [3.05, 3.63) is 41.6 Å². The lowest BCUT2D eigenvalue weighted by Crippen LogP contribution is -2.50. The zero-order valence-electron chi connectivity index (χ0n) is 15.7. The number of amides is 2. The number of nitrogens with zero attached hydrogens (tertiary/aromatic N) is 2. The average Bonchev–Trinajstić information content (AvgIpc) is 3.42. The minimum Gasteiger partial charge on any atom is -0.394 e. The number of carbonyl (C=O) groups is 1. The Labute approximate surface area is 154 Å². The fraction of sp³-hybridized carbons (Fsp3) is 0.500. The van der Waals surface area contributed by atoms with E-state index in [0.717, 1.165) is 36.2 Å². The van der Waals surface area contributed by atoms with Crippen LogP contribution in [0.3, 0.4) is 0 Å². The number of rotatable bonds is 7. The number of para-hydroxylation sites is 1. The molecule has 1 aromatic heterocycles. The first kappa shape index (κ1) is 18.5. The molecule has 1 fully saturated rings. The van der Waals surface area contributed by atoms with Gasteiger partial charge in [0.15, 0.2) is 0 Å². The van der Waals surface area contributed by atoms with Gasteiger partial charge in [-0.2, -0.15) is 5.10 Å². The van der Waals surface area contributed by atoms with Gasteiger partial charge in [0.25, 0.3) is 0 Å². The van der Waals surface area contributed by atoms with Gasteiger partial charge in [-0.3, -0.25) is 5.32 Å². The fourth-order valence-electron chi connectivity index (χ4n) is 3.31. The highest BCUT2D eigenvalue weighted by Crippen LogP contribution is 2.42. The maximum Gasteiger partial charge on any atom is 0.320 e. The molecule has 0 radical (unpaired) electrons. The number of nitrogens with one attached hydrogen (secondary N) is 2. The van der Waals surface area contributed by atoms with Gasteiger partial charge in [-0.05, 0) is 45.2 Å². The van der Waals surface area contributed by atoms with E-state index >= 15 is 0 Å². The SMILES string of the molecule is CCCC(C)(CO)NC(=O)Nc1c(C)c(C2CC2)nn1-c1ccccc1. The van der Waals surface area contributed by atoms with Gasteiger partial charge in [0, 0.05) is 11.5 Å². The van der Waals surface area contributed by atoms with Crippen LogP contribution in [0.2, 0.25) is 0 Å². The Morgan fingerprint density at radius 1 is 1.35 bits per heavy atom. The molecule has 0 spiro atoms. The van der Waals surface area contributed by atoms with E-state index in [1.54, 1.807) is 4.68 Å². The summed E-state index contributed by atoms with van der Waals surface area (Å²) in [5.41, 5.74) is 2.34. The van der Waals surface area contributed by atoms with Crippen molar-refractivity contribution in [3.8, 4) is 5.69 Å². The van der Waals surface area contributed by atoms with E-state index in [2.05, 4.69) is 10.6 Å². The number of benzene rings is 1. The number of aliphatic hydroxyl groups excluding tert-OH is 1. The maximum absolute atomic E-state index is 12.6. The molecule has 3 N–H and O–H groups in total. The first-order chi connectivity index (χ1) is 12.5. The number of hydrogen-bond acceptors (Lipinski definition) is 3. The number of aromatic nitrogens is 2. The third-order valence-electron chi connectivity index (χ3n) is 4.92. The van der Waals surface area contributed by atoms with Gasteiger partial charge in [-0.1, -0.05) is 31.5 Å². The molecule has 0 bridgehead atoms. The Kier molecular flexibility index (Phi) is 5.32. The molecular weight excluding hydrogens is 328 g/mol. The molecule has 3 rings (SSSR count). The minimum absolute atomic E-state index is 0.0987. The van der Waals surface area contributed by atoms with Crippen molar-refractivity contribution in [1.29, 1.82) is 0 Å². The lowest BCUT2D eigenvalue weighted by Gasteiger charge is -2.28. The largest absolute Gasteiger partial charge is 0.394 e. The van der Waals surface area contributed by atoms with Gasteiger partial charge in [-0.15, -0.1) is 0 Å². The standard InChI is InChI=1S/C20H28N4O2/c1-4-12-20(3,13-25)22-19(26)21-18-14(2)17(15-10-11-15)23-24(18)16-8-6-5-7-9-16/h5-9,15,25H,4,10-13H2,1-3H3,(H2,21,22,26). The Morgan fingerprint density at radius 3 is 2.62 bits per heavy atom. The molecule has 6 heteroatoms. The molecule has 1 aliphatic rings. The van der Waals surface area contributed by atoms with Crippen LogP contribution in [-0.2, 0) is 0 Å².